The summed E-state index contributed by atoms with van der Waals surface area (Å²) in [6, 6.07) is 41.1. The van der Waals surface area contributed by atoms with Crippen molar-refractivity contribution in [2.24, 2.45) is 0 Å². The van der Waals surface area contributed by atoms with Gasteiger partial charge in [0, 0.05) is 11.0 Å². The quantitative estimate of drug-likeness (QED) is 0.190. The molecule has 0 saturated heterocycles. The number of hydrogen-bond donors (Lipinski definition) is 0. The van der Waals surface area contributed by atoms with Crippen LogP contribution in [-0.4, -0.2) is 6.71 Å². The molecule has 37 heavy (non-hydrogen) atoms. The lowest BCUT2D eigenvalue weighted by molar-refractivity contribution is 0.465. The molecular formula is C34H19BO2. The SMILES string of the molecule is c1ccc2c(c1)Oc1ccc(-c3ccc4ccc5cccc6ccc3c4c56)c3c1B2c1ccccc1O3. The second-order valence-corrected chi connectivity index (χ2v) is 10.0. The lowest BCUT2D eigenvalue weighted by Gasteiger charge is -2.34. The maximum Gasteiger partial charge on any atom is 0.260 e. The van der Waals surface area contributed by atoms with Crippen molar-refractivity contribution in [3.63, 3.8) is 0 Å². The van der Waals surface area contributed by atoms with Crippen LogP contribution in [0.3, 0.4) is 0 Å². The summed E-state index contributed by atoms with van der Waals surface area (Å²) in [4.78, 5) is 0. The summed E-state index contributed by atoms with van der Waals surface area (Å²) >= 11 is 0. The van der Waals surface area contributed by atoms with Crippen molar-refractivity contribution in [1.82, 2.24) is 0 Å². The zero-order valence-electron chi connectivity index (χ0n) is 19.9. The van der Waals surface area contributed by atoms with Crippen LogP contribution in [0.15, 0.2) is 115 Å². The second kappa shape index (κ2) is 6.92. The fourth-order valence-corrected chi connectivity index (χ4v) is 6.57. The maximum atomic E-state index is 6.74. The number of fused-ring (bicyclic) bond motifs is 4. The van der Waals surface area contributed by atoms with E-state index in [4.69, 9.17) is 9.47 Å². The van der Waals surface area contributed by atoms with E-state index in [1.54, 1.807) is 0 Å². The van der Waals surface area contributed by atoms with Gasteiger partial charge in [0.05, 0.1) is 0 Å². The highest BCUT2D eigenvalue weighted by Crippen LogP contribution is 2.45. The topological polar surface area (TPSA) is 18.5 Å². The molecule has 0 amide bonds. The Balaban J connectivity index is 1.37. The highest BCUT2D eigenvalue weighted by Gasteiger charge is 2.41. The van der Waals surface area contributed by atoms with Gasteiger partial charge in [-0.15, -0.1) is 0 Å². The average molecular weight is 470 g/mol. The van der Waals surface area contributed by atoms with Gasteiger partial charge in [-0.3, -0.25) is 0 Å². The van der Waals surface area contributed by atoms with E-state index >= 15 is 0 Å². The predicted molar refractivity (Wildman–Crippen MR) is 153 cm³/mol. The van der Waals surface area contributed by atoms with Crippen molar-refractivity contribution < 1.29 is 9.47 Å². The molecule has 7 aromatic rings. The van der Waals surface area contributed by atoms with Crippen LogP contribution in [0.2, 0.25) is 0 Å². The Morgan fingerprint density at radius 2 is 1.05 bits per heavy atom. The van der Waals surface area contributed by atoms with Crippen LogP contribution in [0.5, 0.6) is 23.0 Å². The van der Waals surface area contributed by atoms with Gasteiger partial charge in [0.2, 0.25) is 0 Å². The number of rotatable bonds is 1. The highest BCUT2D eigenvalue weighted by molar-refractivity contribution is 6.98. The Bertz CT molecular complexity index is 2030. The molecule has 9 rings (SSSR count). The lowest BCUT2D eigenvalue weighted by atomic mass is 9.34. The molecular weight excluding hydrogens is 451 g/mol. The lowest BCUT2D eigenvalue weighted by Crippen LogP contribution is -2.57. The highest BCUT2D eigenvalue weighted by atomic mass is 16.5. The molecule has 0 fully saturated rings. The fraction of sp³-hybridized carbons (Fsp3) is 0. The predicted octanol–water partition coefficient (Wildman–Crippen LogP) is 6.98. The van der Waals surface area contributed by atoms with Crippen LogP contribution >= 0.6 is 0 Å². The van der Waals surface area contributed by atoms with Crippen molar-refractivity contribution >= 4 is 55.4 Å². The number of ether oxygens (including phenoxy) is 2. The van der Waals surface area contributed by atoms with E-state index in [1.807, 2.05) is 6.07 Å². The normalized spacial score (nSPS) is 13.2. The average Bonchev–Trinajstić information content (AvgIpc) is 2.96. The minimum Gasteiger partial charge on any atom is -0.458 e. The first-order chi connectivity index (χ1) is 18.3. The molecule has 3 heteroatoms. The van der Waals surface area contributed by atoms with Crippen molar-refractivity contribution in [2.75, 3.05) is 0 Å². The molecule has 2 nitrogen and oxygen atoms in total. The van der Waals surface area contributed by atoms with E-state index in [9.17, 15) is 0 Å². The van der Waals surface area contributed by atoms with Crippen LogP contribution < -0.4 is 25.9 Å². The van der Waals surface area contributed by atoms with E-state index < -0.39 is 0 Å². The third-order valence-electron chi connectivity index (χ3n) is 8.16. The van der Waals surface area contributed by atoms with Crippen LogP contribution in [0, 0.1) is 0 Å². The van der Waals surface area contributed by atoms with Crippen LogP contribution in [0.1, 0.15) is 0 Å². The zero-order valence-corrected chi connectivity index (χ0v) is 19.9. The Labute approximate surface area is 214 Å². The Kier molecular flexibility index (Phi) is 3.64. The van der Waals surface area contributed by atoms with Gasteiger partial charge in [0.15, 0.2) is 0 Å². The Hall–Kier alpha value is -4.76. The monoisotopic (exact) mass is 470 g/mol. The Morgan fingerprint density at radius 3 is 1.84 bits per heavy atom. The first-order valence-electron chi connectivity index (χ1n) is 12.7. The molecule has 2 heterocycles. The van der Waals surface area contributed by atoms with Gasteiger partial charge >= 0.3 is 0 Å². The van der Waals surface area contributed by atoms with Crippen molar-refractivity contribution in [1.29, 1.82) is 0 Å². The molecule has 0 saturated carbocycles. The minimum absolute atomic E-state index is 0.0691. The standard InChI is InChI=1S/C34H19BO2/c1-3-10-28-26(8-1)35-27-9-2-4-11-29(27)37-34-25(18-19-30(36-28)33(34)35)23-16-14-22-13-12-20-6-5-7-21-15-17-24(23)32(22)31(20)21/h1-19H. The molecule has 2 aliphatic heterocycles. The van der Waals surface area contributed by atoms with Crippen molar-refractivity contribution in [3.05, 3.63) is 115 Å². The molecule has 0 aromatic heterocycles. The summed E-state index contributed by atoms with van der Waals surface area (Å²) in [5.74, 6) is 3.59. The summed E-state index contributed by atoms with van der Waals surface area (Å²) in [7, 11) is 0. The van der Waals surface area contributed by atoms with Gasteiger partial charge in [-0.05, 0) is 73.1 Å². The zero-order chi connectivity index (χ0) is 24.1. The maximum absolute atomic E-state index is 6.74. The second-order valence-electron chi connectivity index (χ2n) is 10.0. The van der Waals surface area contributed by atoms with Gasteiger partial charge in [-0.1, -0.05) is 91.0 Å². The fourth-order valence-electron chi connectivity index (χ4n) is 6.57. The molecule has 2 aliphatic rings. The first-order valence-corrected chi connectivity index (χ1v) is 12.7. The van der Waals surface area contributed by atoms with E-state index in [2.05, 4.69) is 109 Å². The third kappa shape index (κ3) is 2.51. The molecule has 7 aromatic carbocycles. The number of benzene rings is 7. The smallest absolute Gasteiger partial charge is 0.260 e. The van der Waals surface area contributed by atoms with Crippen LogP contribution in [0.25, 0.3) is 43.4 Å². The molecule has 0 bridgehead atoms. The van der Waals surface area contributed by atoms with Gasteiger partial charge in [-0.25, -0.2) is 0 Å². The largest absolute Gasteiger partial charge is 0.458 e. The van der Waals surface area contributed by atoms with Gasteiger partial charge in [0.1, 0.15) is 23.0 Å². The van der Waals surface area contributed by atoms with Crippen molar-refractivity contribution in [2.45, 2.75) is 0 Å². The summed E-state index contributed by atoms with van der Waals surface area (Å²) in [6.45, 7) is 0.0691. The van der Waals surface area contributed by atoms with Crippen LogP contribution in [0.4, 0.5) is 0 Å². The van der Waals surface area contributed by atoms with E-state index in [1.165, 1.54) is 48.8 Å². The van der Waals surface area contributed by atoms with Gasteiger partial charge in [-0.2, -0.15) is 0 Å². The molecule has 0 radical (unpaired) electrons. The van der Waals surface area contributed by atoms with E-state index in [0.717, 1.165) is 34.0 Å². The molecule has 0 aliphatic carbocycles. The summed E-state index contributed by atoms with van der Waals surface area (Å²) < 4.78 is 13.2. The molecule has 0 unspecified atom stereocenters. The minimum atomic E-state index is 0.0691. The van der Waals surface area contributed by atoms with Crippen LogP contribution in [-0.2, 0) is 0 Å². The summed E-state index contributed by atoms with van der Waals surface area (Å²) in [5.41, 5.74) is 5.75. The van der Waals surface area contributed by atoms with Gasteiger partial charge < -0.3 is 9.47 Å². The first kappa shape index (κ1) is 19.4. The molecule has 170 valence electrons. The number of para-hydroxylation sites is 2. The molecule has 0 spiro atoms. The third-order valence-corrected chi connectivity index (χ3v) is 8.16. The molecule has 0 N–H and O–H groups in total. The van der Waals surface area contributed by atoms with E-state index in [-0.39, 0.29) is 6.71 Å². The summed E-state index contributed by atoms with van der Waals surface area (Å²) in [6.07, 6.45) is 0. The molecule has 0 atom stereocenters. The van der Waals surface area contributed by atoms with Crippen molar-refractivity contribution in [3.8, 4) is 34.1 Å². The van der Waals surface area contributed by atoms with E-state index in [0.29, 0.717) is 0 Å². The number of hydrogen-bond acceptors (Lipinski definition) is 2. The van der Waals surface area contributed by atoms with Gasteiger partial charge in [0.25, 0.3) is 6.71 Å². The summed E-state index contributed by atoms with van der Waals surface area (Å²) in [5, 5.41) is 7.69. The Morgan fingerprint density at radius 1 is 0.432 bits per heavy atom.